The van der Waals surface area contributed by atoms with Crippen molar-refractivity contribution in [3.05, 3.63) is 57.2 Å². The third-order valence-corrected chi connectivity index (χ3v) is 4.56. The summed E-state index contributed by atoms with van der Waals surface area (Å²) in [5.74, 6) is -0.167. The first-order valence-corrected chi connectivity index (χ1v) is 8.77. The summed E-state index contributed by atoms with van der Waals surface area (Å²) in [7, 11) is 0. The summed E-state index contributed by atoms with van der Waals surface area (Å²) in [6.45, 7) is 0.495. The number of aromatic nitrogens is 1. The number of halogens is 3. The molecule has 25 heavy (non-hydrogen) atoms. The standard InChI is InChI=1S/C17H14Cl3N3O2/c18-11-3-4-15(21-9-11)22-16(24)14-2-1-5-23(14)17(25)10-6-12(19)8-13(20)7-10/h3-4,6-9,14H,1-2,5H2,(H,21,22,24). The van der Waals surface area contributed by atoms with Gasteiger partial charge in [0.25, 0.3) is 5.91 Å². The highest BCUT2D eigenvalue weighted by Crippen LogP contribution is 2.25. The van der Waals surface area contributed by atoms with E-state index in [0.29, 0.717) is 39.4 Å². The molecule has 0 spiro atoms. The van der Waals surface area contributed by atoms with Gasteiger partial charge in [-0.05, 0) is 43.2 Å². The lowest BCUT2D eigenvalue weighted by atomic mass is 10.1. The largest absolute Gasteiger partial charge is 0.327 e. The minimum atomic E-state index is -0.567. The van der Waals surface area contributed by atoms with Crippen molar-refractivity contribution in [2.75, 3.05) is 11.9 Å². The predicted molar refractivity (Wildman–Crippen MR) is 98.4 cm³/mol. The van der Waals surface area contributed by atoms with Crippen molar-refractivity contribution in [1.29, 1.82) is 0 Å². The van der Waals surface area contributed by atoms with E-state index in [1.54, 1.807) is 30.3 Å². The number of carbonyl (C=O) groups is 2. The van der Waals surface area contributed by atoms with Gasteiger partial charge < -0.3 is 10.2 Å². The van der Waals surface area contributed by atoms with Crippen LogP contribution < -0.4 is 5.32 Å². The first-order valence-electron chi connectivity index (χ1n) is 7.63. The Bertz CT molecular complexity index is 791. The SMILES string of the molecule is O=C(Nc1ccc(Cl)cn1)C1CCCN1C(=O)c1cc(Cl)cc(Cl)c1. The van der Waals surface area contributed by atoms with Gasteiger partial charge in [-0.25, -0.2) is 4.98 Å². The van der Waals surface area contributed by atoms with E-state index in [1.807, 2.05) is 0 Å². The second-order valence-electron chi connectivity index (χ2n) is 5.67. The molecule has 2 aromatic rings. The highest BCUT2D eigenvalue weighted by molar-refractivity contribution is 6.35. The highest BCUT2D eigenvalue weighted by atomic mass is 35.5. The minimum Gasteiger partial charge on any atom is -0.327 e. The lowest BCUT2D eigenvalue weighted by Gasteiger charge is -2.24. The zero-order valence-corrected chi connectivity index (χ0v) is 15.3. The van der Waals surface area contributed by atoms with E-state index < -0.39 is 6.04 Å². The van der Waals surface area contributed by atoms with Crippen LogP contribution in [0.1, 0.15) is 23.2 Å². The Kier molecular flexibility index (Phi) is 5.47. The Morgan fingerprint density at radius 2 is 1.80 bits per heavy atom. The molecule has 130 valence electrons. The van der Waals surface area contributed by atoms with Gasteiger partial charge in [-0.3, -0.25) is 9.59 Å². The first-order chi connectivity index (χ1) is 11.9. The highest BCUT2D eigenvalue weighted by Gasteiger charge is 2.34. The van der Waals surface area contributed by atoms with Gasteiger partial charge in [0, 0.05) is 28.4 Å². The van der Waals surface area contributed by atoms with E-state index in [2.05, 4.69) is 10.3 Å². The fourth-order valence-corrected chi connectivity index (χ4v) is 3.42. The molecule has 1 aliphatic heterocycles. The minimum absolute atomic E-state index is 0.272. The molecule has 0 radical (unpaired) electrons. The lowest BCUT2D eigenvalue weighted by Crippen LogP contribution is -2.43. The van der Waals surface area contributed by atoms with Gasteiger partial charge in [0.05, 0.1) is 5.02 Å². The molecule has 2 amide bonds. The van der Waals surface area contributed by atoms with Gasteiger partial charge in [-0.15, -0.1) is 0 Å². The molecular weight excluding hydrogens is 385 g/mol. The molecule has 1 unspecified atom stereocenters. The molecule has 0 aliphatic carbocycles. The first kappa shape index (κ1) is 18.0. The molecule has 0 saturated carbocycles. The number of hydrogen-bond donors (Lipinski definition) is 1. The second-order valence-corrected chi connectivity index (χ2v) is 6.97. The molecule has 2 heterocycles. The zero-order valence-electron chi connectivity index (χ0n) is 13.0. The second kappa shape index (κ2) is 7.60. The van der Waals surface area contributed by atoms with Crippen LogP contribution in [0.3, 0.4) is 0 Å². The van der Waals surface area contributed by atoms with Crippen LogP contribution in [-0.2, 0) is 4.79 Å². The van der Waals surface area contributed by atoms with Crippen LogP contribution in [0.4, 0.5) is 5.82 Å². The molecule has 3 rings (SSSR count). The summed E-state index contributed by atoms with van der Waals surface area (Å²) in [6, 6.07) is 7.32. The maximum absolute atomic E-state index is 12.8. The Balaban J connectivity index is 1.76. The van der Waals surface area contributed by atoms with Crippen molar-refractivity contribution >= 4 is 52.4 Å². The number of pyridine rings is 1. The van der Waals surface area contributed by atoms with Crippen LogP contribution in [0.5, 0.6) is 0 Å². The smallest absolute Gasteiger partial charge is 0.254 e. The normalized spacial score (nSPS) is 16.8. The number of nitrogens with one attached hydrogen (secondary N) is 1. The Morgan fingerprint density at radius 3 is 2.44 bits per heavy atom. The molecule has 1 aromatic heterocycles. The maximum Gasteiger partial charge on any atom is 0.254 e. The van der Waals surface area contributed by atoms with E-state index in [4.69, 9.17) is 34.8 Å². The van der Waals surface area contributed by atoms with Crippen molar-refractivity contribution in [3.63, 3.8) is 0 Å². The molecule has 1 saturated heterocycles. The van der Waals surface area contributed by atoms with Crippen molar-refractivity contribution in [3.8, 4) is 0 Å². The van der Waals surface area contributed by atoms with Gasteiger partial charge in [0.1, 0.15) is 11.9 Å². The summed E-state index contributed by atoms with van der Waals surface area (Å²) < 4.78 is 0. The number of rotatable bonds is 3. The van der Waals surface area contributed by atoms with Crippen molar-refractivity contribution in [1.82, 2.24) is 9.88 Å². The molecular formula is C17H14Cl3N3O2. The number of amides is 2. The summed E-state index contributed by atoms with van der Waals surface area (Å²) in [5, 5.41) is 3.95. The van der Waals surface area contributed by atoms with Gasteiger partial charge in [0.15, 0.2) is 0 Å². The third kappa shape index (κ3) is 4.24. The summed E-state index contributed by atoms with van der Waals surface area (Å²) in [4.78, 5) is 30.9. The zero-order chi connectivity index (χ0) is 18.0. The van der Waals surface area contributed by atoms with E-state index in [1.165, 1.54) is 11.1 Å². The molecule has 5 nitrogen and oxygen atoms in total. The Labute approximate surface area is 159 Å². The number of hydrogen-bond acceptors (Lipinski definition) is 3. The Morgan fingerprint density at radius 1 is 1.08 bits per heavy atom. The van der Waals surface area contributed by atoms with Crippen LogP contribution >= 0.6 is 34.8 Å². The van der Waals surface area contributed by atoms with Crippen LogP contribution in [0.2, 0.25) is 15.1 Å². The molecule has 1 fully saturated rings. The summed E-state index contributed by atoms with van der Waals surface area (Å²) >= 11 is 17.7. The molecule has 8 heteroatoms. The average molecular weight is 399 g/mol. The van der Waals surface area contributed by atoms with Crippen molar-refractivity contribution in [2.45, 2.75) is 18.9 Å². The van der Waals surface area contributed by atoms with Crippen LogP contribution in [-0.4, -0.2) is 34.3 Å². The molecule has 1 N–H and O–H groups in total. The predicted octanol–water partition coefficient (Wildman–Crippen LogP) is 4.29. The van der Waals surface area contributed by atoms with Crippen molar-refractivity contribution < 1.29 is 9.59 Å². The lowest BCUT2D eigenvalue weighted by molar-refractivity contribution is -0.119. The summed E-state index contributed by atoms with van der Waals surface area (Å²) in [5.41, 5.74) is 0.363. The number of nitrogens with zero attached hydrogens (tertiary/aromatic N) is 2. The van der Waals surface area contributed by atoms with Gasteiger partial charge in [0.2, 0.25) is 5.91 Å². The van der Waals surface area contributed by atoms with Crippen LogP contribution in [0.15, 0.2) is 36.5 Å². The monoisotopic (exact) mass is 397 g/mol. The molecule has 0 bridgehead atoms. The fraction of sp³-hybridized carbons (Fsp3) is 0.235. The van der Waals surface area contributed by atoms with E-state index in [0.717, 1.165) is 6.42 Å². The van der Waals surface area contributed by atoms with Gasteiger partial charge >= 0.3 is 0 Å². The van der Waals surface area contributed by atoms with Gasteiger partial charge in [-0.2, -0.15) is 0 Å². The van der Waals surface area contributed by atoms with E-state index in [-0.39, 0.29) is 11.8 Å². The van der Waals surface area contributed by atoms with Gasteiger partial charge in [-0.1, -0.05) is 34.8 Å². The molecule has 1 aliphatic rings. The number of anilines is 1. The summed E-state index contributed by atoms with van der Waals surface area (Å²) in [6.07, 6.45) is 2.77. The van der Waals surface area contributed by atoms with E-state index >= 15 is 0 Å². The topological polar surface area (TPSA) is 62.3 Å². The number of carbonyl (C=O) groups excluding carboxylic acids is 2. The molecule has 1 aromatic carbocycles. The number of likely N-dealkylation sites (tertiary alicyclic amines) is 1. The quantitative estimate of drug-likeness (QED) is 0.839. The fourth-order valence-electron chi connectivity index (χ4n) is 2.78. The van der Waals surface area contributed by atoms with Crippen molar-refractivity contribution in [2.24, 2.45) is 0 Å². The third-order valence-electron chi connectivity index (χ3n) is 3.90. The van der Waals surface area contributed by atoms with Crippen LogP contribution in [0.25, 0.3) is 0 Å². The van der Waals surface area contributed by atoms with E-state index in [9.17, 15) is 9.59 Å². The maximum atomic E-state index is 12.8. The molecule has 1 atom stereocenters. The average Bonchev–Trinajstić information content (AvgIpc) is 3.05. The number of benzene rings is 1. The Hall–Kier alpha value is -1.82. The van der Waals surface area contributed by atoms with Crippen LogP contribution in [0, 0.1) is 0 Å².